The van der Waals surface area contributed by atoms with Crippen molar-refractivity contribution in [3.05, 3.63) is 66.1 Å². The number of benzene rings is 1. The van der Waals surface area contributed by atoms with Crippen LogP contribution in [0.25, 0.3) is 6.08 Å². The summed E-state index contributed by atoms with van der Waals surface area (Å²) in [7, 11) is 3.15. The van der Waals surface area contributed by atoms with E-state index in [2.05, 4.69) is 4.90 Å². The summed E-state index contributed by atoms with van der Waals surface area (Å²) in [4.78, 5) is 49.6. The molecule has 0 N–H and O–H groups in total. The standard InChI is InChI=1S/C26H29N6O4/c1-28-23-22(25(34)29(2)26(28)35)32(12-6-10-19-8-4-3-5-9-19)21(27-23)18-30-13-15-31(16-14-30)24(33)20-11-7-17-36-20/h3-11,17,22H,12-16,18H2,1-2H3/q+1/b10-6+. The monoisotopic (exact) mass is 489 g/mol. The summed E-state index contributed by atoms with van der Waals surface area (Å²) in [5.74, 6) is 1.14. The summed E-state index contributed by atoms with van der Waals surface area (Å²) in [6, 6.07) is 12.3. The Kier molecular flexibility index (Phi) is 6.51. The smallest absolute Gasteiger partial charge is 0.333 e. The molecule has 2 aromatic rings. The molecule has 0 aliphatic carbocycles. The van der Waals surface area contributed by atoms with Gasteiger partial charge in [0.2, 0.25) is 0 Å². The first-order valence-electron chi connectivity index (χ1n) is 12.0. The molecule has 1 unspecified atom stereocenters. The predicted octanol–water partition coefficient (Wildman–Crippen LogP) is 1.47. The fourth-order valence-corrected chi connectivity index (χ4v) is 4.72. The first-order chi connectivity index (χ1) is 17.4. The van der Waals surface area contributed by atoms with E-state index < -0.39 is 6.04 Å². The Balaban J connectivity index is 1.34. The maximum Gasteiger partial charge on any atom is 0.333 e. The maximum absolute atomic E-state index is 13.1. The summed E-state index contributed by atoms with van der Waals surface area (Å²) in [5, 5.41) is 0. The Morgan fingerprint density at radius 2 is 1.81 bits per heavy atom. The third-order valence-electron chi connectivity index (χ3n) is 6.78. The van der Waals surface area contributed by atoms with Crippen LogP contribution in [0.3, 0.4) is 0 Å². The number of furan rings is 1. The second kappa shape index (κ2) is 9.90. The number of amidine groups is 2. The first kappa shape index (κ1) is 23.7. The average molecular weight is 490 g/mol. The lowest BCUT2D eigenvalue weighted by atomic mass is 10.1. The molecule has 10 heteroatoms. The van der Waals surface area contributed by atoms with Crippen LogP contribution in [0.4, 0.5) is 4.79 Å². The van der Waals surface area contributed by atoms with Crippen LogP contribution in [-0.2, 0) is 4.79 Å². The van der Waals surface area contributed by atoms with E-state index in [0.29, 0.717) is 50.9 Å². The molecule has 1 atom stereocenters. The SMILES string of the molecule is CN1C(=O)C2C(=NC(CN3CCN(C(=O)c4ccco4)CC3)=[N+]2C/C=C/c2ccccc2)N(C)C1=O. The quantitative estimate of drug-likeness (QED) is 0.573. The van der Waals surface area contributed by atoms with Gasteiger partial charge < -0.3 is 9.32 Å². The lowest BCUT2D eigenvalue weighted by Crippen LogP contribution is -2.61. The first-order valence-corrected chi connectivity index (χ1v) is 12.0. The zero-order valence-corrected chi connectivity index (χ0v) is 20.4. The Hall–Kier alpha value is -4.05. The Labute approximate surface area is 209 Å². The van der Waals surface area contributed by atoms with E-state index in [4.69, 9.17) is 9.41 Å². The minimum atomic E-state index is -0.644. The number of piperazine rings is 1. The molecule has 2 fully saturated rings. The highest BCUT2D eigenvalue weighted by Crippen LogP contribution is 2.20. The van der Waals surface area contributed by atoms with Gasteiger partial charge >= 0.3 is 11.9 Å². The zero-order chi connectivity index (χ0) is 25.2. The molecule has 10 nitrogen and oxygen atoms in total. The molecule has 186 valence electrons. The number of fused-ring (bicyclic) bond motifs is 1. The lowest BCUT2D eigenvalue weighted by molar-refractivity contribution is -0.526. The number of hydrogen-bond donors (Lipinski definition) is 0. The van der Waals surface area contributed by atoms with Gasteiger partial charge in [0.15, 0.2) is 5.76 Å². The van der Waals surface area contributed by atoms with Crippen LogP contribution < -0.4 is 0 Å². The van der Waals surface area contributed by atoms with Gasteiger partial charge in [0, 0.05) is 40.3 Å². The fraction of sp³-hybridized carbons (Fsp3) is 0.346. The molecule has 1 aromatic heterocycles. The second-order valence-electron chi connectivity index (χ2n) is 9.04. The van der Waals surface area contributed by atoms with E-state index in [9.17, 15) is 14.4 Å². The van der Waals surface area contributed by atoms with Crippen molar-refractivity contribution in [2.45, 2.75) is 6.04 Å². The van der Waals surface area contributed by atoms with Crippen molar-refractivity contribution in [3.8, 4) is 0 Å². The number of hydrogen-bond acceptors (Lipinski definition) is 6. The van der Waals surface area contributed by atoms with Crippen molar-refractivity contribution in [2.75, 3.05) is 53.4 Å². The van der Waals surface area contributed by atoms with Gasteiger partial charge in [0.05, 0.1) is 6.26 Å². The van der Waals surface area contributed by atoms with Crippen LogP contribution in [0.1, 0.15) is 16.1 Å². The number of rotatable bonds is 6. The van der Waals surface area contributed by atoms with Gasteiger partial charge in [-0.15, -0.1) is 0 Å². The minimum absolute atomic E-state index is 0.110. The molecule has 0 saturated carbocycles. The number of imide groups is 1. The summed E-state index contributed by atoms with van der Waals surface area (Å²) >= 11 is 0. The van der Waals surface area contributed by atoms with Gasteiger partial charge in [-0.25, -0.2) is 9.37 Å². The van der Waals surface area contributed by atoms with Crippen molar-refractivity contribution >= 4 is 35.6 Å². The van der Waals surface area contributed by atoms with Crippen LogP contribution in [0.5, 0.6) is 0 Å². The van der Waals surface area contributed by atoms with Crippen molar-refractivity contribution < 1.29 is 23.4 Å². The van der Waals surface area contributed by atoms with E-state index in [1.165, 1.54) is 18.2 Å². The van der Waals surface area contributed by atoms with E-state index in [1.54, 1.807) is 24.1 Å². The van der Waals surface area contributed by atoms with Gasteiger partial charge in [-0.05, 0) is 28.8 Å². The Morgan fingerprint density at radius 3 is 2.50 bits per heavy atom. The molecule has 2 saturated heterocycles. The lowest BCUT2D eigenvalue weighted by Gasteiger charge is -2.33. The highest BCUT2D eigenvalue weighted by atomic mass is 16.3. The summed E-state index contributed by atoms with van der Waals surface area (Å²) < 4.78 is 7.22. The predicted molar refractivity (Wildman–Crippen MR) is 134 cm³/mol. The number of carbonyl (C=O) groups excluding carboxylic acids is 3. The van der Waals surface area contributed by atoms with Crippen molar-refractivity contribution in [1.29, 1.82) is 0 Å². The van der Waals surface area contributed by atoms with Crippen molar-refractivity contribution in [1.82, 2.24) is 19.6 Å². The van der Waals surface area contributed by atoms with Gasteiger partial charge in [-0.3, -0.25) is 24.3 Å². The Bertz CT molecular complexity index is 1240. The molecule has 1 aromatic carbocycles. The average Bonchev–Trinajstić information content (AvgIpc) is 3.56. The third-order valence-corrected chi connectivity index (χ3v) is 6.78. The molecule has 5 rings (SSSR count). The fourth-order valence-electron chi connectivity index (χ4n) is 4.72. The molecule has 3 aliphatic heterocycles. The molecular weight excluding hydrogens is 460 g/mol. The van der Waals surface area contributed by atoms with Crippen LogP contribution in [0, 0.1) is 0 Å². The van der Waals surface area contributed by atoms with Crippen LogP contribution >= 0.6 is 0 Å². The summed E-state index contributed by atoms with van der Waals surface area (Å²) in [6.45, 7) is 3.46. The summed E-state index contributed by atoms with van der Waals surface area (Å²) in [5.41, 5.74) is 1.07. The van der Waals surface area contributed by atoms with Crippen molar-refractivity contribution in [3.63, 3.8) is 0 Å². The number of urea groups is 1. The maximum atomic E-state index is 13.1. The van der Waals surface area contributed by atoms with E-state index in [-0.39, 0.29) is 17.8 Å². The van der Waals surface area contributed by atoms with Gasteiger partial charge in [-0.2, -0.15) is 0 Å². The van der Waals surface area contributed by atoms with Crippen LogP contribution in [0.15, 0.2) is 64.2 Å². The molecule has 0 radical (unpaired) electrons. The number of likely N-dealkylation sites (N-methyl/N-ethyl adjacent to an activating group) is 2. The number of aliphatic imine (C=N–C) groups is 1. The number of carbonyl (C=O) groups is 3. The molecule has 4 heterocycles. The van der Waals surface area contributed by atoms with E-state index >= 15 is 0 Å². The highest BCUT2D eigenvalue weighted by molar-refractivity contribution is 6.23. The molecule has 3 aliphatic rings. The molecule has 0 bridgehead atoms. The second-order valence-corrected chi connectivity index (χ2v) is 9.04. The topological polar surface area (TPSA) is 92.7 Å². The third kappa shape index (κ3) is 4.47. The van der Waals surface area contributed by atoms with Crippen LogP contribution in [0.2, 0.25) is 0 Å². The highest BCUT2D eigenvalue weighted by Gasteiger charge is 2.52. The minimum Gasteiger partial charge on any atom is -0.459 e. The van der Waals surface area contributed by atoms with Gasteiger partial charge in [0.25, 0.3) is 23.7 Å². The largest absolute Gasteiger partial charge is 0.459 e. The van der Waals surface area contributed by atoms with Gasteiger partial charge in [-0.1, -0.05) is 36.4 Å². The Morgan fingerprint density at radius 1 is 1.06 bits per heavy atom. The van der Waals surface area contributed by atoms with E-state index in [1.807, 2.05) is 47.1 Å². The van der Waals surface area contributed by atoms with Crippen LogP contribution in [-0.4, -0.2) is 113 Å². The molecule has 4 amide bonds. The molecular formula is C26H29N6O4+. The molecule has 0 spiro atoms. The number of amides is 4. The number of nitrogens with zero attached hydrogens (tertiary/aromatic N) is 6. The summed E-state index contributed by atoms with van der Waals surface area (Å²) in [6.07, 6.45) is 5.53. The molecule has 36 heavy (non-hydrogen) atoms. The van der Waals surface area contributed by atoms with E-state index in [0.717, 1.165) is 16.3 Å². The zero-order valence-electron chi connectivity index (χ0n) is 20.4. The van der Waals surface area contributed by atoms with Gasteiger partial charge in [0.1, 0.15) is 13.1 Å². The van der Waals surface area contributed by atoms with Crippen molar-refractivity contribution in [2.24, 2.45) is 4.99 Å². The normalized spacial score (nSPS) is 21.0.